The molecule has 0 saturated heterocycles. The molecule has 2 heterocycles. The number of carbonyl (C=O) groups excluding carboxylic acids is 2. The highest BCUT2D eigenvalue weighted by Crippen LogP contribution is 2.37. The predicted octanol–water partition coefficient (Wildman–Crippen LogP) is 5.29. The first-order chi connectivity index (χ1) is 17.2. The number of fused-ring (bicyclic) bond motifs is 1. The Morgan fingerprint density at radius 3 is 2.49 bits per heavy atom. The number of hydrogen-bond acceptors (Lipinski definition) is 5. The normalized spacial score (nSPS) is 16.3. The summed E-state index contributed by atoms with van der Waals surface area (Å²) in [6, 6.07) is 16.3. The molecule has 2 aliphatic rings. The van der Waals surface area contributed by atoms with Crippen molar-refractivity contribution in [1.82, 2.24) is 5.32 Å². The first-order valence-corrected chi connectivity index (χ1v) is 13.2. The molecule has 35 heavy (non-hydrogen) atoms. The summed E-state index contributed by atoms with van der Waals surface area (Å²) < 4.78 is 11.5. The van der Waals surface area contributed by atoms with E-state index in [1.165, 1.54) is 6.42 Å². The zero-order valence-electron chi connectivity index (χ0n) is 19.7. The van der Waals surface area contributed by atoms with Crippen molar-refractivity contribution in [2.24, 2.45) is 0 Å². The lowest BCUT2D eigenvalue weighted by atomic mass is 9.94. The maximum atomic E-state index is 13.9. The van der Waals surface area contributed by atoms with Gasteiger partial charge in [0.25, 0.3) is 0 Å². The minimum atomic E-state index is -0.799. The van der Waals surface area contributed by atoms with Gasteiger partial charge in [-0.2, -0.15) is 11.3 Å². The Morgan fingerprint density at radius 2 is 1.74 bits per heavy atom. The largest absolute Gasteiger partial charge is 0.486 e. The zero-order chi connectivity index (χ0) is 24.0. The fourth-order valence-corrected chi connectivity index (χ4v) is 5.52. The minimum absolute atomic E-state index is 0.136. The van der Waals surface area contributed by atoms with Gasteiger partial charge in [0, 0.05) is 17.8 Å². The van der Waals surface area contributed by atoms with E-state index in [1.54, 1.807) is 16.2 Å². The number of ether oxygens (including phenoxy) is 2. The van der Waals surface area contributed by atoms with Gasteiger partial charge in [-0.05, 0) is 52.9 Å². The fraction of sp³-hybridized carbons (Fsp3) is 0.357. The summed E-state index contributed by atoms with van der Waals surface area (Å²) in [5.41, 5.74) is 2.32. The maximum Gasteiger partial charge on any atom is 0.248 e. The van der Waals surface area contributed by atoms with Crippen molar-refractivity contribution in [2.75, 3.05) is 18.1 Å². The molecular formula is C28H30N2O4S. The monoisotopic (exact) mass is 490 g/mol. The van der Waals surface area contributed by atoms with Gasteiger partial charge >= 0.3 is 0 Å². The Bertz CT molecular complexity index is 1140. The molecule has 3 aromatic rings. The second-order valence-corrected chi connectivity index (χ2v) is 9.84. The molecule has 2 amide bonds. The van der Waals surface area contributed by atoms with Gasteiger partial charge in [0.15, 0.2) is 11.5 Å². The molecule has 6 nitrogen and oxygen atoms in total. The van der Waals surface area contributed by atoms with E-state index >= 15 is 0 Å². The van der Waals surface area contributed by atoms with E-state index in [-0.39, 0.29) is 24.3 Å². The molecule has 7 heteroatoms. The Labute approximate surface area is 209 Å². The molecule has 0 radical (unpaired) electrons. The second-order valence-electron chi connectivity index (χ2n) is 9.06. The van der Waals surface area contributed by atoms with Crippen LogP contribution in [-0.2, 0) is 16.0 Å². The van der Waals surface area contributed by atoms with E-state index < -0.39 is 6.04 Å². The predicted molar refractivity (Wildman–Crippen MR) is 137 cm³/mol. The van der Waals surface area contributed by atoms with Crippen LogP contribution in [0.4, 0.5) is 5.69 Å². The van der Waals surface area contributed by atoms with Crippen molar-refractivity contribution in [1.29, 1.82) is 0 Å². The summed E-state index contributed by atoms with van der Waals surface area (Å²) >= 11 is 1.56. The van der Waals surface area contributed by atoms with Crippen LogP contribution < -0.4 is 19.7 Å². The number of nitrogens with zero attached hydrogens (tertiary/aromatic N) is 1. The van der Waals surface area contributed by atoms with Crippen molar-refractivity contribution >= 4 is 28.8 Å². The van der Waals surface area contributed by atoms with E-state index in [4.69, 9.17) is 9.47 Å². The molecule has 1 N–H and O–H groups in total. The van der Waals surface area contributed by atoms with Crippen molar-refractivity contribution in [3.8, 4) is 11.5 Å². The van der Waals surface area contributed by atoms with Crippen LogP contribution in [0.5, 0.6) is 11.5 Å². The highest BCUT2D eigenvalue weighted by atomic mass is 32.1. The third-order valence-electron chi connectivity index (χ3n) is 6.58. The molecule has 1 fully saturated rings. The van der Waals surface area contributed by atoms with Crippen LogP contribution in [0, 0.1) is 0 Å². The molecule has 1 aromatic heterocycles. The van der Waals surface area contributed by atoms with E-state index in [0.29, 0.717) is 30.4 Å². The van der Waals surface area contributed by atoms with Crippen LogP contribution in [0.15, 0.2) is 65.4 Å². The van der Waals surface area contributed by atoms with Gasteiger partial charge in [0.1, 0.15) is 19.3 Å². The lowest BCUT2D eigenvalue weighted by Crippen LogP contribution is -2.47. The summed E-state index contributed by atoms with van der Waals surface area (Å²) in [6.07, 6.45) is 5.59. The molecule has 1 saturated carbocycles. The second kappa shape index (κ2) is 11.0. The number of anilines is 1. The van der Waals surface area contributed by atoms with Crippen LogP contribution >= 0.6 is 11.3 Å². The smallest absolute Gasteiger partial charge is 0.248 e. The number of carbonyl (C=O) groups is 2. The van der Waals surface area contributed by atoms with Crippen molar-refractivity contribution in [2.45, 2.75) is 50.6 Å². The van der Waals surface area contributed by atoms with Crippen LogP contribution in [0.2, 0.25) is 0 Å². The van der Waals surface area contributed by atoms with Gasteiger partial charge in [-0.1, -0.05) is 49.6 Å². The lowest BCUT2D eigenvalue weighted by Gasteiger charge is -2.34. The van der Waals surface area contributed by atoms with Gasteiger partial charge < -0.3 is 14.8 Å². The Morgan fingerprint density at radius 1 is 0.971 bits per heavy atom. The van der Waals surface area contributed by atoms with Gasteiger partial charge in [0.2, 0.25) is 11.8 Å². The standard InChI is InChI=1S/C28H30N2O4S/c31-26(17-20-13-16-35-19-20)30(23-11-12-24-25(18-23)34-15-14-33-24)27(21-7-3-1-4-8-21)28(32)29-22-9-5-2-6-10-22/h1,3-4,7-8,11-13,16,18-19,22,27H,2,5-6,9-10,14-15,17H2,(H,29,32)/t27-/m1/s1. The highest BCUT2D eigenvalue weighted by Gasteiger charge is 2.34. The summed E-state index contributed by atoms with van der Waals surface area (Å²) in [5, 5.41) is 7.19. The summed E-state index contributed by atoms with van der Waals surface area (Å²) in [6.45, 7) is 0.938. The number of benzene rings is 2. The first-order valence-electron chi connectivity index (χ1n) is 12.3. The summed E-state index contributed by atoms with van der Waals surface area (Å²) in [4.78, 5) is 29.4. The van der Waals surface area contributed by atoms with Crippen LogP contribution in [0.25, 0.3) is 0 Å². The van der Waals surface area contributed by atoms with Gasteiger partial charge in [0.05, 0.1) is 6.42 Å². The zero-order valence-corrected chi connectivity index (χ0v) is 20.5. The average molecular weight is 491 g/mol. The quantitative estimate of drug-likeness (QED) is 0.489. The van der Waals surface area contributed by atoms with E-state index in [1.807, 2.05) is 65.4 Å². The number of nitrogens with one attached hydrogen (secondary N) is 1. The molecule has 5 rings (SSSR count). The average Bonchev–Trinajstić information content (AvgIpc) is 3.41. The van der Waals surface area contributed by atoms with Crippen molar-refractivity contribution in [3.05, 3.63) is 76.5 Å². The van der Waals surface area contributed by atoms with Crippen LogP contribution in [-0.4, -0.2) is 31.1 Å². The maximum absolute atomic E-state index is 13.9. The minimum Gasteiger partial charge on any atom is -0.486 e. The van der Waals surface area contributed by atoms with Crippen molar-refractivity contribution < 1.29 is 19.1 Å². The molecule has 1 atom stereocenters. The summed E-state index contributed by atoms with van der Waals surface area (Å²) in [7, 11) is 0. The van der Waals surface area contributed by atoms with E-state index in [0.717, 1.165) is 36.8 Å². The fourth-order valence-electron chi connectivity index (χ4n) is 4.85. The molecule has 182 valence electrons. The number of amides is 2. The number of thiophene rings is 1. The summed E-state index contributed by atoms with van der Waals surface area (Å²) in [5.74, 6) is 0.930. The third kappa shape index (κ3) is 5.51. The molecule has 0 spiro atoms. The third-order valence-corrected chi connectivity index (χ3v) is 7.31. The van der Waals surface area contributed by atoms with Crippen LogP contribution in [0.1, 0.15) is 49.3 Å². The van der Waals surface area contributed by atoms with E-state index in [2.05, 4.69) is 5.32 Å². The van der Waals surface area contributed by atoms with Gasteiger partial charge in [-0.3, -0.25) is 14.5 Å². The van der Waals surface area contributed by atoms with Crippen molar-refractivity contribution in [3.63, 3.8) is 0 Å². The Balaban J connectivity index is 1.54. The number of hydrogen-bond donors (Lipinski definition) is 1. The Kier molecular flexibility index (Phi) is 7.33. The molecule has 1 aliphatic carbocycles. The molecule has 1 aliphatic heterocycles. The SMILES string of the molecule is O=C(NC1CCCCC1)[C@@H](c1ccccc1)N(C(=O)Cc1ccsc1)c1ccc2c(c1)OCCO2. The lowest BCUT2D eigenvalue weighted by molar-refractivity contribution is -0.127. The van der Waals surface area contributed by atoms with Crippen LogP contribution in [0.3, 0.4) is 0 Å². The van der Waals surface area contributed by atoms with Gasteiger partial charge in [-0.15, -0.1) is 0 Å². The first kappa shape index (κ1) is 23.4. The molecule has 0 bridgehead atoms. The van der Waals surface area contributed by atoms with Gasteiger partial charge in [-0.25, -0.2) is 0 Å². The highest BCUT2D eigenvalue weighted by molar-refractivity contribution is 7.08. The molecule has 0 unspecified atom stereocenters. The molecular weight excluding hydrogens is 460 g/mol. The van der Waals surface area contributed by atoms with E-state index in [9.17, 15) is 9.59 Å². The Hall–Kier alpha value is -3.32. The molecule has 2 aromatic carbocycles. The topological polar surface area (TPSA) is 67.9 Å². The number of rotatable bonds is 7.